The van der Waals surface area contributed by atoms with Gasteiger partial charge in [-0.2, -0.15) is 0 Å². The molecule has 1 N–H and O–H groups in total. The van der Waals surface area contributed by atoms with Crippen molar-refractivity contribution in [3.8, 4) is 0 Å². The molecule has 0 unspecified atom stereocenters. The van der Waals surface area contributed by atoms with E-state index in [4.69, 9.17) is 4.74 Å². The van der Waals surface area contributed by atoms with Crippen molar-refractivity contribution < 1.29 is 14.3 Å². The van der Waals surface area contributed by atoms with E-state index in [-0.39, 0.29) is 11.8 Å². The lowest BCUT2D eigenvalue weighted by molar-refractivity contribution is -0.131. The summed E-state index contributed by atoms with van der Waals surface area (Å²) in [5.74, 6) is 0.271. The number of hydrogen-bond acceptors (Lipinski definition) is 3. The fourth-order valence-electron chi connectivity index (χ4n) is 4.43. The van der Waals surface area contributed by atoms with Crippen molar-refractivity contribution in [2.45, 2.75) is 44.2 Å². The minimum atomic E-state index is -0.542. The van der Waals surface area contributed by atoms with Crippen LogP contribution in [-0.4, -0.2) is 36.5 Å². The lowest BCUT2D eigenvalue weighted by atomic mass is 9.73. The molecule has 2 fully saturated rings. The number of amides is 2. The molecule has 2 amide bonds. The van der Waals surface area contributed by atoms with E-state index in [2.05, 4.69) is 11.4 Å². The summed E-state index contributed by atoms with van der Waals surface area (Å²) in [4.78, 5) is 27.3. The first-order chi connectivity index (χ1) is 14.2. The maximum absolute atomic E-state index is 13.4. The van der Waals surface area contributed by atoms with Gasteiger partial charge < -0.3 is 15.0 Å². The van der Waals surface area contributed by atoms with Gasteiger partial charge in [0.25, 0.3) is 0 Å². The summed E-state index contributed by atoms with van der Waals surface area (Å²) in [6.07, 6.45) is 2.94. The summed E-state index contributed by atoms with van der Waals surface area (Å²) in [5.41, 5.74) is 2.68. The fourth-order valence-corrected chi connectivity index (χ4v) is 4.43. The predicted octanol–water partition coefficient (Wildman–Crippen LogP) is 3.17. The number of hydrogen-bond donors (Lipinski definition) is 1. The van der Waals surface area contributed by atoms with Gasteiger partial charge in [0.05, 0.1) is 5.41 Å². The Morgan fingerprint density at radius 2 is 1.69 bits per heavy atom. The molecule has 2 heterocycles. The van der Waals surface area contributed by atoms with Crippen LogP contribution in [0.4, 0.5) is 0 Å². The van der Waals surface area contributed by atoms with E-state index in [1.165, 1.54) is 0 Å². The number of benzene rings is 2. The van der Waals surface area contributed by atoms with E-state index in [1.54, 1.807) is 0 Å². The molecule has 0 aliphatic carbocycles. The third-order valence-electron chi connectivity index (χ3n) is 6.20. The number of nitrogens with one attached hydrogen (secondary N) is 1. The Labute approximate surface area is 172 Å². The molecule has 2 aromatic carbocycles. The zero-order chi connectivity index (χ0) is 20.1. The third-order valence-corrected chi connectivity index (χ3v) is 6.20. The molecular formula is C24H28N2O3. The molecule has 0 bridgehead atoms. The quantitative estimate of drug-likeness (QED) is 0.822. The fraction of sp³-hybridized carbons (Fsp3) is 0.417. The minimum Gasteiger partial charge on any atom is -0.381 e. The lowest BCUT2D eigenvalue weighted by Gasteiger charge is -2.36. The van der Waals surface area contributed by atoms with Crippen molar-refractivity contribution in [2.24, 2.45) is 0 Å². The Morgan fingerprint density at radius 3 is 2.38 bits per heavy atom. The standard InChI is InChI=1S/C24H28N2O3/c27-22-11-6-14-26(22)18-20-8-5-4-7-19(20)17-25-23(28)24(12-15-29-16-13-24)21-9-2-1-3-10-21/h1-5,7-10H,6,11-18H2,(H,25,28). The number of carbonyl (C=O) groups is 2. The molecule has 152 valence electrons. The van der Waals surface area contributed by atoms with Crippen molar-refractivity contribution in [2.75, 3.05) is 19.8 Å². The number of rotatable bonds is 6. The average Bonchev–Trinajstić information content (AvgIpc) is 3.18. The summed E-state index contributed by atoms with van der Waals surface area (Å²) >= 11 is 0. The zero-order valence-corrected chi connectivity index (χ0v) is 16.7. The topological polar surface area (TPSA) is 58.6 Å². The van der Waals surface area contributed by atoms with E-state index in [0.717, 1.165) is 29.7 Å². The Morgan fingerprint density at radius 1 is 1.00 bits per heavy atom. The second kappa shape index (κ2) is 8.78. The molecule has 0 aromatic heterocycles. The van der Waals surface area contributed by atoms with Gasteiger partial charge in [-0.25, -0.2) is 0 Å². The molecule has 2 aliphatic rings. The van der Waals surface area contributed by atoms with Gasteiger partial charge in [0.15, 0.2) is 0 Å². The van der Waals surface area contributed by atoms with Crippen LogP contribution >= 0.6 is 0 Å². The molecule has 0 spiro atoms. The Balaban J connectivity index is 1.49. The van der Waals surface area contributed by atoms with Gasteiger partial charge in [0.2, 0.25) is 11.8 Å². The molecule has 5 heteroatoms. The zero-order valence-electron chi connectivity index (χ0n) is 16.7. The smallest absolute Gasteiger partial charge is 0.231 e. The van der Waals surface area contributed by atoms with Gasteiger partial charge in [0, 0.05) is 39.3 Å². The first kappa shape index (κ1) is 19.6. The van der Waals surface area contributed by atoms with Crippen LogP contribution < -0.4 is 5.32 Å². The Hall–Kier alpha value is -2.66. The molecule has 2 saturated heterocycles. The van der Waals surface area contributed by atoms with Crippen LogP contribution in [0.2, 0.25) is 0 Å². The van der Waals surface area contributed by atoms with Gasteiger partial charge in [0.1, 0.15) is 0 Å². The molecule has 0 radical (unpaired) electrons. The second-order valence-corrected chi connectivity index (χ2v) is 7.93. The summed E-state index contributed by atoms with van der Waals surface area (Å²) in [7, 11) is 0. The normalized spacial score (nSPS) is 18.6. The largest absolute Gasteiger partial charge is 0.381 e. The Bertz CT molecular complexity index is 859. The van der Waals surface area contributed by atoms with Crippen LogP contribution in [0.3, 0.4) is 0 Å². The molecular weight excluding hydrogens is 364 g/mol. The predicted molar refractivity (Wildman–Crippen MR) is 111 cm³/mol. The highest BCUT2D eigenvalue weighted by Crippen LogP contribution is 2.35. The summed E-state index contributed by atoms with van der Waals surface area (Å²) < 4.78 is 5.55. The number of nitrogens with zero attached hydrogens (tertiary/aromatic N) is 1. The first-order valence-corrected chi connectivity index (χ1v) is 10.5. The maximum atomic E-state index is 13.4. The summed E-state index contributed by atoms with van der Waals surface area (Å²) in [6, 6.07) is 18.1. The van der Waals surface area contributed by atoms with Crippen LogP contribution in [-0.2, 0) is 32.8 Å². The minimum absolute atomic E-state index is 0.0547. The highest BCUT2D eigenvalue weighted by atomic mass is 16.5. The van der Waals surface area contributed by atoms with Crippen molar-refractivity contribution in [1.29, 1.82) is 0 Å². The van der Waals surface area contributed by atoms with Gasteiger partial charge >= 0.3 is 0 Å². The first-order valence-electron chi connectivity index (χ1n) is 10.5. The SMILES string of the molecule is O=C1CCCN1Cc1ccccc1CNC(=O)C1(c2ccccc2)CCOCC1. The van der Waals surface area contributed by atoms with Crippen LogP contribution in [0.25, 0.3) is 0 Å². The van der Waals surface area contributed by atoms with Gasteiger partial charge in [-0.1, -0.05) is 54.6 Å². The van der Waals surface area contributed by atoms with E-state index < -0.39 is 5.41 Å². The van der Waals surface area contributed by atoms with E-state index >= 15 is 0 Å². The second-order valence-electron chi connectivity index (χ2n) is 7.93. The van der Waals surface area contributed by atoms with Crippen molar-refractivity contribution in [3.63, 3.8) is 0 Å². The Kier molecular flexibility index (Phi) is 5.95. The maximum Gasteiger partial charge on any atom is 0.231 e. The molecule has 29 heavy (non-hydrogen) atoms. The number of carbonyl (C=O) groups excluding carboxylic acids is 2. The molecule has 2 aromatic rings. The van der Waals surface area contributed by atoms with Crippen LogP contribution in [0.1, 0.15) is 42.4 Å². The van der Waals surface area contributed by atoms with Gasteiger partial charge in [-0.15, -0.1) is 0 Å². The van der Waals surface area contributed by atoms with E-state index in [1.807, 2.05) is 53.4 Å². The van der Waals surface area contributed by atoms with Crippen LogP contribution in [0, 0.1) is 0 Å². The summed E-state index contributed by atoms with van der Waals surface area (Å²) in [6.45, 7) is 3.08. The van der Waals surface area contributed by atoms with Gasteiger partial charge in [-0.3, -0.25) is 9.59 Å². The van der Waals surface area contributed by atoms with Gasteiger partial charge in [-0.05, 0) is 36.0 Å². The van der Waals surface area contributed by atoms with Crippen molar-refractivity contribution in [1.82, 2.24) is 10.2 Å². The van der Waals surface area contributed by atoms with Crippen LogP contribution in [0.15, 0.2) is 54.6 Å². The summed E-state index contributed by atoms with van der Waals surface area (Å²) in [5, 5.41) is 3.19. The molecule has 0 atom stereocenters. The number of likely N-dealkylation sites (tertiary alicyclic amines) is 1. The lowest BCUT2D eigenvalue weighted by Crippen LogP contribution is -2.47. The van der Waals surface area contributed by atoms with E-state index in [0.29, 0.717) is 45.6 Å². The highest BCUT2D eigenvalue weighted by Gasteiger charge is 2.41. The molecule has 0 saturated carbocycles. The number of ether oxygens (including phenoxy) is 1. The highest BCUT2D eigenvalue weighted by molar-refractivity contribution is 5.88. The van der Waals surface area contributed by atoms with Crippen molar-refractivity contribution in [3.05, 3.63) is 71.3 Å². The van der Waals surface area contributed by atoms with Crippen molar-refractivity contribution >= 4 is 11.8 Å². The molecule has 2 aliphatic heterocycles. The molecule has 5 nitrogen and oxygen atoms in total. The molecule has 4 rings (SSSR count). The van der Waals surface area contributed by atoms with Crippen LogP contribution in [0.5, 0.6) is 0 Å². The monoisotopic (exact) mass is 392 g/mol. The average molecular weight is 392 g/mol. The van der Waals surface area contributed by atoms with E-state index in [9.17, 15) is 9.59 Å². The third kappa shape index (κ3) is 4.20.